The van der Waals surface area contributed by atoms with Gasteiger partial charge in [0.25, 0.3) is 0 Å². The van der Waals surface area contributed by atoms with E-state index in [0.29, 0.717) is 5.91 Å². The molecule has 1 aliphatic heterocycles. The first kappa shape index (κ1) is 13.6. The van der Waals surface area contributed by atoms with E-state index < -0.39 is 0 Å². The number of carbonyl (C=O) groups is 1. The van der Waals surface area contributed by atoms with E-state index in [1.54, 1.807) is 26.0 Å². The number of nitrogens with zero attached hydrogens (tertiary/aromatic N) is 1. The maximum atomic E-state index is 12.4. The van der Waals surface area contributed by atoms with Gasteiger partial charge in [-0.05, 0) is 25.0 Å². The fourth-order valence-corrected chi connectivity index (χ4v) is 3.83. The molecule has 0 N–H and O–H groups in total. The highest BCUT2D eigenvalue weighted by Gasteiger charge is 2.40. The molecule has 0 spiro atoms. The summed E-state index contributed by atoms with van der Waals surface area (Å²) in [6, 6.07) is 5.82. The maximum Gasteiger partial charge on any atom is 0.226 e. The largest absolute Gasteiger partial charge is 0.497 e. The Morgan fingerprint density at radius 1 is 1.30 bits per heavy atom. The van der Waals surface area contributed by atoms with Crippen LogP contribution in [0.25, 0.3) is 0 Å². The number of thioether (sulfide) groups is 1. The van der Waals surface area contributed by atoms with Crippen LogP contribution in [0.15, 0.2) is 18.2 Å². The van der Waals surface area contributed by atoms with Gasteiger partial charge in [0.2, 0.25) is 5.91 Å². The van der Waals surface area contributed by atoms with Crippen molar-refractivity contribution in [2.24, 2.45) is 5.92 Å². The summed E-state index contributed by atoms with van der Waals surface area (Å²) in [5, 5.41) is 0.0731. The number of ether oxygens (including phenoxy) is 2. The highest BCUT2D eigenvalue weighted by atomic mass is 32.2. The summed E-state index contributed by atoms with van der Waals surface area (Å²) in [6.45, 7) is 0.833. The van der Waals surface area contributed by atoms with Gasteiger partial charge in [-0.3, -0.25) is 4.79 Å². The summed E-state index contributed by atoms with van der Waals surface area (Å²) in [5.74, 6) is 3.11. The fraction of sp³-hybridized carbons (Fsp3) is 0.533. The lowest BCUT2D eigenvalue weighted by Gasteiger charge is -2.25. The van der Waals surface area contributed by atoms with Crippen LogP contribution in [-0.4, -0.2) is 37.3 Å². The van der Waals surface area contributed by atoms with Crippen molar-refractivity contribution in [3.05, 3.63) is 23.8 Å². The molecule has 1 aliphatic carbocycles. The van der Waals surface area contributed by atoms with Crippen molar-refractivity contribution in [2.45, 2.75) is 18.2 Å². The van der Waals surface area contributed by atoms with E-state index in [1.165, 1.54) is 0 Å². The summed E-state index contributed by atoms with van der Waals surface area (Å²) in [6.07, 6.45) is 2.10. The van der Waals surface area contributed by atoms with Crippen molar-refractivity contribution < 1.29 is 14.3 Å². The van der Waals surface area contributed by atoms with E-state index in [4.69, 9.17) is 9.47 Å². The standard InChI is InChI=1S/C15H19NO3S/c1-18-11-5-6-12(13(9-11)19-2)15-16(7-8-20-15)14(17)10-3-4-10/h5-6,9-10,15H,3-4,7-8H2,1-2H3/t15-/m0/s1. The molecule has 20 heavy (non-hydrogen) atoms. The first-order valence-corrected chi connectivity index (χ1v) is 7.93. The summed E-state index contributed by atoms with van der Waals surface area (Å²) in [5.41, 5.74) is 1.06. The number of methoxy groups -OCH3 is 2. The smallest absolute Gasteiger partial charge is 0.226 e. The Labute approximate surface area is 123 Å². The van der Waals surface area contributed by atoms with Gasteiger partial charge in [-0.1, -0.05) is 0 Å². The zero-order valence-corrected chi connectivity index (χ0v) is 12.6. The molecule has 4 nitrogen and oxygen atoms in total. The molecule has 0 radical (unpaired) electrons. The molecule has 0 aromatic heterocycles. The second-order valence-electron chi connectivity index (χ2n) is 5.14. The highest BCUT2D eigenvalue weighted by molar-refractivity contribution is 7.99. The molecule has 108 valence electrons. The normalized spacial score (nSPS) is 21.9. The Morgan fingerprint density at radius 2 is 2.10 bits per heavy atom. The Morgan fingerprint density at radius 3 is 2.75 bits per heavy atom. The van der Waals surface area contributed by atoms with E-state index in [9.17, 15) is 4.79 Å². The maximum absolute atomic E-state index is 12.4. The molecule has 3 rings (SSSR count). The van der Waals surface area contributed by atoms with E-state index >= 15 is 0 Å². The van der Waals surface area contributed by atoms with E-state index in [2.05, 4.69) is 0 Å². The summed E-state index contributed by atoms with van der Waals surface area (Å²) in [7, 11) is 3.30. The van der Waals surface area contributed by atoms with Gasteiger partial charge in [-0.2, -0.15) is 0 Å². The number of hydrogen-bond donors (Lipinski definition) is 0. The van der Waals surface area contributed by atoms with Crippen molar-refractivity contribution in [2.75, 3.05) is 26.5 Å². The Bertz CT molecular complexity index is 516. The van der Waals surface area contributed by atoms with Crippen LogP contribution >= 0.6 is 11.8 Å². The van der Waals surface area contributed by atoms with Crippen LogP contribution < -0.4 is 9.47 Å². The quantitative estimate of drug-likeness (QED) is 0.855. The minimum atomic E-state index is 0.0731. The summed E-state index contributed by atoms with van der Waals surface area (Å²) in [4.78, 5) is 14.4. The van der Waals surface area contributed by atoms with Gasteiger partial charge in [0, 0.05) is 29.8 Å². The molecule has 0 unspecified atom stereocenters. The van der Waals surface area contributed by atoms with Gasteiger partial charge in [-0.15, -0.1) is 11.8 Å². The summed E-state index contributed by atoms with van der Waals surface area (Å²) < 4.78 is 10.7. The van der Waals surface area contributed by atoms with Crippen LogP contribution in [0.4, 0.5) is 0 Å². The zero-order valence-electron chi connectivity index (χ0n) is 11.8. The van der Waals surface area contributed by atoms with Crippen molar-refractivity contribution in [3.8, 4) is 11.5 Å². The number of carbonyl (C=O) groups excluding carboxylic acids is 1. The predicted molar refractivity (Wildman–Crippen MR) is 79.2 cm³/mol. The molecule has 2 fully saturated rings. The van der Waals surface area contributed by atoms with Crippen LogP contribution in [0.2, 0.25) is 0 Å². The second kappa shape index (κ2) is 5.56. The van der Waals surface area contributed by atoms with Crippen molar-refractivity contribution in [1.29, 1.82) is 0 Å². The summed E-state index contributed by atoms with van der Waals surface area (Å²) >= 11 is 1.80. The third-order valence-electron chi connectivity index (χ3n) is 3.81. The van der Waals surface area contributed by atoms with E-state index in [0.717, 1.165) is 42.2 Å². The number of rotatable bonds is 4. The molecule has 1 heterocycles. The van der Waals surface area contributed by atoms with Crippen molar-refractivity contribution in [3.63, 3.8) is 0 Å². The molecule has 1 aromatic rings. The third kappa shape index (κ3) is 2.46. The minimum Gasteiger partial charge on any atom is -0.497 e. The molecule has 1 amide bonds. The predicted octanol–water partition coefficient (Wildman–Crippen LogP) is 2.69. The second-order valence-corrected chi connectivity index (χ2v) is 6.33. The number of hydrogen-bond acceptors (Lipinski definition) is 4. The molecule has 0 bridgehead atoms. The van der Waals surface area contributed by atoms with Crippen LogP contribution in [-0.2, 0) is 4.79 Å². The average molecular weight is 293 g/mol. The molecular formula is C15H19NO3S. The van der Waals surface area contributed by atoms with Gasteiger partial charge in [0.15, 0.2) is 0 Å². The monoisotopic (exact) mass is 293 g/mol. The van der Waals surface area contributed by atoms with Gasteiger partial charge in [0.1, 0.15) is 16.9 Å². The first-order chi connectivity index (χ1) is 9.74. The average Bonchev–Trinajstić information content (AvgIpc) is 3.23. The van der Waals surface area contributed by atoms with Gasteiger partial charge in [-0.25, -0.2) is 0 Å². The first-order valence-electron chi connectivity index (χ1n) is 6.88. The van der Waals surface area contributed by atoms with Crippen molar-refractivity contribution >= 4 is 17.7 Å². The van der Waals surface area contributed by atoms with Crippen LogP contribution in [0.5, 0.6) is 11.5 Å². The van der Waals surface area contributed by atoms with Gasteiger partial charge < -0.3 is 14.4 Å². The van der Waals surface area contributed by atoms with Crippen molar-refractivity contribution in [1.82, 2.24) is 4.90 Å². The zero-order chi connectivity index (χ0) is 14.1. The Kier molecular flexibility index (Phi) is 3.78. The molecule has 1 saturated carbocycles. The van der Waals surface area contributed by atoms with Gasteiger partial charge in [0.05, 0.1) is 14.2 Å². The number of benzene rings is 1. The fourth-order valence-electron chi connectivity index (χ4n) is 2.54. The van der Waals surface area contributed by atoms with Crippen LogP contribution in [0.3, 0.4) is 0 Å². The molecule has 1 atom stereocenters. The lowest BCUT2D eigenvalue weighted by Crippen LogP contribution is -2.31. The van der Waals surface area contributed by atoms with Gasteiger partial charge >= 0.3 is 0 Å². The molecular weight excluding hydrogens is 274 g/mol. The number of amides is 1. The molecule has 1 saturated heterocycles. The van der Waals surface area contributed by atoms with Crippen LogP contribution in [0.1, 0.15) is 23.8 Å². The molecule has 5 heteroatoms. The minimum absolute atomic E-state index is 0.0731. The third-order valence-corrected chi connectivity index (χ3v) is 5.05. The highest BCUT2D eigenvalue weighted by Crippen LogP contribution is 2.45. The lowest BCUT2D eigenvalue weighted by atomic mass is 10.1. The Hall–Kier alpha value is -1.36. The molecule has 1 aromatic carbocycles. The van der Waals surface area contributed by atoms with Crippen LogP contribution in [0, 0.1) is 5.92 Å². The topological polar surface area (TPSA) is 38.8 Å². The Balaban J connectivity index is 1.88. The van der Waals surface area contributed by atoms with E-state index in [-0.39, 0.29) is 11.3 Å². The molecule has 2 aliphatic rings. The SMILES string of the molecule is COc1ccc([C@@H]2SCCN2C(=O)C2CC2)c(OC)c1. The van der Waals surface area contributed by atoms with E-state index in [1.807, 2.05) is 23.1 Å². The lowest BCUT2D eigenvalue weighted by molar-refractivity contribution is -0.132.